The van der Waals surface area contributed by atoms with Crippen LogP contribution in [0.1, 0.15) is 12.5 Å². The molecular formula is C15H14O3. The van der Waals surface area contributed by atoms with E-state index < -0.39 is 5.97 Å². The number of hydrogen-bond donors (Lipinski definition) is 1. The normalized spacial score (nSPS) is 11.6. The number of rotatable bonds is 3. The van der Waals surface area contributed by atoms with Crippen molar-refractivity contribution in [3.05, 3.63) is 47.5 Å². The molecule has 0 radical (unpaired) electrons. The van der Waals surface area contributed by atoms with Gasteiger partial charge in [0.25, 0.3) is 0 Å². The number of carboxylic acid groups (broad SMARTS) is 1. The minimum atomic E-state index is -0.926. The van der Waals surface area contributed by atoms with E-state index in [4.69, 9.17) is 9.84 Å². The molecule has 2 rings (SSSR count). The Hall–Kier alpha value is -2.29. The SMILES string of the molecule is COc1ccc2ccccc2c1/C=C(\C)C(=O)O. The molecular weight excluding hydrogens is 228 g/mol. The maximum Gasteiger partial charge on any atom is 0.331 e. The van der Waals surface area contributed by atoms with Gasteiger partial charge < -0.3 is 9.84 Å². The van der Waals surface area contributed by atoms with Gasteiger partial charge in [0.05, 0.1) is 7.11 Å². The second kappa shape index (κ2) is 4.92. The number of methoxy groups -OCH3 is 1. The molecule has 1 N–H and O–H groups in total. The first-order chi connectivity index (χ1) is 8.63. The zero-order chi connectivity index (χ0) is 13.1. The number of hydrogen-bond acceptors (Lipinski definition) is 2. The predicted octanol–water partition coefficient (Wildman–Crippen LogP) is 3.34. The lowest BCUT2D eigenvalue weighted by atomic mass is 10.0. The van der Waals surface area contributed by atoms with Crippen molar-refractivity contribution in [1.29, 1.82) is 0 Å². The summed E-state index contributed by atoms with van der Waals surface area (Å²) in [4.78, 5) is 10.9. The minimum Gasteiger partial charge on any atom is -0.496 e. The Morgan fingerprint density at radius 2 is 1.94 bits per heavy atom. The monoisotopic (exact) mass is 242 g/mol. The van der Waals surface area contributed by atoms with Crippen LogP contribution in [0, 0.1) is 0 Å². The highest BCUT2D eigenvalue weighted by Gasteiger charge is 2.08. The lowest BCUT2D eigenvalue weighted by molar-refractivity contribution is -0.132. The van der Waals surface area contributed by atoms with E-state index in [9.17, 15) is 4.79 Å². The summed E-state index contributed by atoms with van der Waals surface area (Å²) < 4.78 is 5.30. The van der Waals surface area contributed by atoms with Gasteiger partial charge in [0.1, 0.15) is 5.75 Å². The van der Waals surface area contributed by atoms with Gasteiger partial charge >= 0.3 is 5.97 Å². The number of carbonyl (C=O) groups is 1. The molecule has 0 spiro atoms. The lowest BCUT2D eigenvalue weighted by Gasteiger charge is -2.09. The second-order valence-corrected chi connectivity index (χ2v) is 4.04. The number of fused-ring (bicyclic) bond motifs is 1. The van der Waals surface area contributed by atoms with Crippen LogP contribution in [0.4, 0.5) is 0 Å². The fourth-order valence-electron chi connectivity index (χ4n) is 1.88. The van der Waals surface area contributed by atoms with Gasteiger partial charge in [-0.3, -0.25) is 0 Å². The lowest BCUT2D eigenvalue weighted by Crippen LogP contribution is -1.97. The van der Waals surface area contributed by atoms with E-state index in [0.717, 1.165) is 16.3 Å². The highest BCUT2D eigenvalue weighted by Crippen LogP contribution is 2.29. The van der Waals surface area contributed by atoms with Crippen LogP contribution >= 0.6 is 0 Å². The van der Waals surface area contributed by atoms with Crippen LogP contribution in [0.25, 0.3) is 16.8 Å². The number of aliphatic carboxylic acids is 1. The van der Waals surface area contributed by atoms with Crippen molar-refractivity contribution >= 4 is 22.8 Å². The molecule has 0 aliphatic carbocycles. The molecule has 18 heavy (non-hydrogen) atoms. The maximum atomic E-state index is 10.9. The Balaban J connectivity index is 2.73. The highest BCUT2D eigenvalue weighted by atomic mass is 16.5. The minimum absolute atomic E-state index is 0.282. The van der Waals surface area contributed by atoms with Crippen molar-refractivity contribution in [2.24, 2.45) is 0 Å². The maximum absolute atomic E-state index is 10.9. The van der Waals surface area contributed by atoms with Crippen molar-refractivity contribution in [3.63, 3.8) is 0 Å². The van der Waals surface area contributed by atoms with E-state index in [1.807, 2.05) is 36.4 Å². The first-order valence-electron chi connectivity index (χ1n) is 5.61. The Labute approximate surface area is 105 Å². The summed E-state index contributed by atoms with van der Waals surface area (Å²) in [5, 5.41) is 11.0. The molecule has 0 aromatic heterocycles. The van der Waals surface area contributed by atoms with E-state index >= 15 is 0 Å². The van der Waals surface area contributed by atoms with Crippen LogP contribution in [-0.2, 0) is 4.79 Å². The van der Waals surface area contributed by atoms with E-state index in [2.05, 4.69) is 0 Å². The van der Waals surface area contributed by atoms with E-state index in [0.29, 0.717) is 5.75 Å². The Kier molecular flexibility index (Phi) is 3.33. The Morgan fingerprint density at radius 3 is 2.61 bits per heavy atom. The molecule has 0 fully saturated rings. The molecule has 0 saturated carbocycles. The summed E-state index contributed by atoms with van der Waals surface area (Å²) in [5.74, 6) is -0.251. The van der Waals surface area contributed by atoms with E-state index in [1.54, 1.807) is 20.1 Å². The van der Waals surface area contributed by atoms with Crippen molar-refractivity contribution in [2.45, 2.75) is 6.92 Å². The van der Waals surface area contributed by atoms with Crippen LogP contribution in [-0.4, -0.2) is 18.2 Å². The summed E-state index contributed by atoms with van der Waals surface area (Å²) in [6.45, 7) is 1.57. The smallest absolute Gasteiger partial charge is 0.331 e. The predicted molar refractivity (Wildman–Crippen MR) is 71.8 cm³/mol. The molecule has 0 aliphatic rings. The number of benzene rings is 2. The molecule has 0 bridgehead atoms. The van der Waals surface area contributed by atoms with Crippen LogP contribution in [0.3, 0.4) is 0 Å². The highest BCUT2D eigenvalue weighted by molar-refractivity contribution is 5.98. The molecule has 0 heterocycles. The number of carboxylic acids is 1. The van der Waals surface area contributed by atoms with Crippen molar-refractivity contribution in [3.8, 4) is 5.75 Å². The molecule has 3 nitrogen and oxygen atoms in total. The molecule has 92 valence electrons. The van der Waals surface area contributed by atoms with Crippen molar-refractivity contribution < 1.29 is 14.6 Å². The van der Waals surface area contributed by atoms with E-state index in [1.165, 1.54) is 0 Å². The van der Waals surface area contributed by atoms with Gasteiger partial charge in [0, 0.05) is 11.1 Å². The molecule has 0 saturated heterocycles. The van der Waals surface area contributed by atoms with Gasteiger partial charge in [-0.05, 0) is 29.8 Å². The fraction of sp³-hybridized carbons (Fsp3) is 0.133. The van der Waals surface area contributed by atoms with Crippen LogP contribution < -0.4 is 4.74 Å². The first-order valence-corrected chi connectivity index (χ1v) is 5.61. The van der Waals surface area contributed by atoms with Gasteiger partial charge in [-0.2, -0.15) is 0 Å². The summed E-state index contributed by atoms with van der Waals surface area (Å²) in [6, 6.07) is 11.6. The van der Waals surface area contributed by atoms with Gasteiger partial charge in [0.2, 0.25) is 0 Å². The van der Waals surface area contributed by atoms with Gasteiger partial charge in [0.15, 0.2) is 0 Å². The molecule has 0 amide bonds. The standard InChI is InChI=1S/C15H14O3/c1-10(15(16)17)9-13-12-6-4-3-5-11(12)7-8-14(13)18-2/h3-9H,1-2H3,(H,16,17)/b10-9+. The second-order valence-electron chi connectivity index (χ2n) is 4.04. The van der Waals surface area contributed by atoms with Crippen LogP contribution in [0.2, 0.25) is 0 Å². The average molecular weight is 242 g/mol. The summed E-state index contributed by atoms with van der Waals surface area (Å²) >= 11 is 0. The van der Waals surface area contributed by atoms with E-state index in [-0.39, 0.29) is 5.57 Å². The van der Waals surface area contributed by atoms with Gasteiger partial charge in [-0.25, -0.2) is 4.79 Å². The Bertz CT molecular complexity index is 627. The van der Waals surface area contributed by atoms with Crippen LogP contribution in [0.15, 0.2) is 42.0 Å². The zero-order valence-corrected chi connectivity index (χ0v) is 10.3. The molecule has 0 atom stereocenters. The average Bonchev–Trinajstić information content (AvgIpc) is 2.39. The largest absolute Gasteiger partial charge is 0.496 e. The Morgan fingerprint density at radius 1 is 1.22 bits per heavy atom. The van der Waals surface area contributed by atoms with Gasteiger partial charge in [-0.1, -0.05) is 30.3 Å². The quantitative estimate of drug-likeness (QED) is 0.840. The molecule has 2 aromatic rings. The van der Waals surface area contributed by atoms with Crippen LogP contribution in [0.5, 0.6) is 5.75 Å². The zero-order valence-electron chi connectivity index (χ0n) is 10.3. The third kappa shape index (κ3) is 2.20. The first kappa shape index (κ1) is 12.2. The molecule has 2 aromatic carbocycles. The fourth-order valence-corrected chi connectivity index (χ4v) is 1.88. The molecule has 0 aliphatic heterocycles. The molecule has 0 unspecified atom stereocenters. The molecule has 3 heteroatoms. The van der Waals surface area contributed by atoms with Crippen molar-refractivity contribution in [1.82, 2.24) is 0 Å². The summed E-state index contributed by atoms with van der Waals surface area (Å²) in [6.07, 6.45) is 1.64. The summed E-state index contributed by atoms with van der Waals surface area (Å²) in [7, 11) is 1.58. The van der Waals surface area contributed by atoms with Crippen molar-refractivity contribution in [2.75, 3.05) is 7.11 Å². The third-order valence-corrected chi connectivity index (χ3v) is 2.85. The summed E-state index contributed by atoms with van der Waals surface area (Å²) in [5.41, 5.74) is 1.08. The van der Waals surface area contributed by atoms with Gasteiger partial charge in [-0.15, -0.1) is 0 Å². The third-order valence-electron chi connectivity index (χ3n) is 2.85. The topological polar surface area (TPSA) is 46.5 Å². The number of ether oxygens (including phenoxy) is 1.